The Morgan fingerprint density at radius 1 is 1.39 bits per heavy atom. The fourth-order valence-electron chi connectivity index (χ4n) is 2.67. The van der Waals surface area contributed by atoms with Crippen LogP contribution in [-0.4, -0.2) is 33.8 Å². The quantitative estimate of drug-likeness (QED) is 0.896. The molecule has 1 aromatic carbocycles. The molecule has 100 valence electrons. The molecule has 2 rings (SSSR count). The lowest BCUT2D eigenvalue weighted by atomic mass is 10.0. The molecule has 0 amide bonds. The third-order valence-corrected chi connectivity index (χ3v) is 4.84. The van der Waals surface area contributed by atoms with Crippen molar-refractivity contribution in [3.05, 3.63) is 24.3 Å². The molecule has 0 radical (unpaired) electrons. The standard InChI is InChI=1S/C13H20N2O2S/c1-10-7-8-15(12(10)9-14)11-5-3-4-6-13(11)18(2,16)17/h3-6,10,12H,7-9,14H2,1-2H3. The largest absolute Gasteiger partial charge is 0.366 e. The van der Waals surface area contributed by atoms with E-state index in [0.29, 0.717) is 17.4 Å². The molecule has 1 heterocycles. The molecule has 5 heteroatoms. The van der Waals surface area contributed by atoms with Gasteiger partial charge in [0.15, 0.2) is 9.84 Å². The Labute approximate surface area is 109 Å². The van der Waals surface area contributed by atoms with Crippen molar-refractivity contribution in [1.82, 2.24) is 0 Å². The van der Waals surface area contributed by atoms with Crippen molar-refractivity contribution < 1.29 is 8.42 Å². The summed E-state index contributed by atoms with van der Waals surface area (Å²) in [5.41, 5.74) is 6.61. The lowest BCUT2D eigenvalue weighted by Crippen LogP contribution is -2.39. The van der Waals surface area contributed by atoms with Crippen LogP contribution in [0.5, 0.6) is 0 Å². The van der Waals surface area contributed by atoms with Crippen molar-refractivity contribution >= 4 is 15.5 Å². The molecule has 1 aromatic rings. The number of nitrogens with zero attached hydrogens (tertiary/aromatic N) is 1. The van der Waals surface area contributed by atoms with Gasteiger partial charge in [0.1, 0.15) is 0 Å². The summed E-state index contributed by atoms with van der Waals surface area (Å²) in [6.45, 7) is 3.59. The third-order valence-electron chi connectivity index (χ3n) is 3.70. The van der Waals surface area contributed by atoms with E-state index < -0.39 is 9.84 Å². The fourth-order valence-corrected chi connectivity index (χ4v) is 3.57. The fraction of sp³-hybridized carbons (Fsp3) is 0.538. The molecule has 2 atom stereocenters. The van der Waals surface area contributed by atoms with Crippen LogP contribution in [-0.2, 0) is 9.84 Å². The summed E-state index contributed by atoms with van der Waals surface area (Å²) >= 11 is 0. The van der Waals surface area contributed by atoms with Crippen LogP contribution in [0.3, 0.4) is 0 Å². The zero-order valence-corrected chi connectivity index (χ0v) is 11.7. The summed E-state index contributed by atoms with van der Waals surface area (Å²) < 4.78 is 23.7. The highest BCUT2D eigenvalue weighted by Gasteiger charge is 2.32. The Bertz CT molecular complexity index is 528. The number of rotatable bonds is 3. The highest BCUT2D eigenvalue weighted by atomic mass is 32.2. The predicted octanol–water partition coefficient (Wildman–Crippen LogP) is 1.26. The van der Waals surface area contributed by atoms with E-state index in [-0.39, 0.29) is 6.04 Å². The minimum absolute atomic E-state index is 0.230. The molecule has 0 aromatic heterocycles. The number of nitrogens with two attached hydrogens (primary N) is 1. The van der Waals surface area contributed by atoms with Crippen molar-refractivity contribution in [2.24, 2.45) is 11.7 Å². The van der Waals surface area contributed by atoms with E-state index in [4.69, 9.17) is 5.73 Å². The molecule has 1 aliphatic rings. The number of sulfone groups is 1. The Hall–Kier alpha value is -1.07. The zero-order valence-electron chi connectivity index (χ0n) is 10.8. The van der Waals surface area contributed by atoms with Crippen LogP contribution in [0.15, 0.2) is 29.2 Å². The first-order valence-corrected chi connectivity index (χ1v) is 8.10. The van der Waals surface area contributed by atoms with E-state index in [2.05, 4.69) is 11.8 Å². The van der Waals surface area contributed by atoms with Gasteiger partial charge in [0.2, 0.25) is 0 Å². The van der Waals surface area contributed by atoms with Gasteiger partial charge in [0, 0.05) is 25.4 Å². The van der Waals surface area contributed by atoms with E-state index >= 15 is 0 Å². The van der Waals surface area contributed by atoms with Gasteiger partial charge in [-0.15, -0.1) is 0 Å². The van der Waals surface area contributed by atoms with Crippen molar-refractivity contribution in [3.8, 4) is 0 Å². The highest BCUT2D eigenvalue weighted by molar-refractivity contribution is 7.90. The number of hydrogen-bond donors (Lipinski definition) is 1. The number of hydrogen-bond acceptors (Lipinski definition) is 4. The van der Waals surface area contributed by atoms with Crippen LogP contribution < -0.4 is 10.6 Å². The van der Waals surface area contributed by atoms with Crippen molar-refractivity contribution in [1.29, 1.82) is 0 Å². The van der Waals surface area contributed by atoms with Gasteiger partial charge in [-0.25, -0.2) is 8.42 Å². The van der Waals surface area contributed by atoms with Gasteiger partial charge < -0.3 is 10.6 Å². The van der Waals surface area contributed by atoms with E-state index in [0.717, 1.165) is 18.7 Å². The van der Waals surface area contributed by atoms with Crippen LogP contribution in [0.4, 0.5) is 5.69 Å². The second-order valence-corrected chi connectivity index (χ2v) is 6.99. The molecular formula is C13H20N2O2S. The molecule has 1 saturated heterocycles. The monoisotopic (exact) mass is 268 g/mol. The Morgan fingerprint density at radius 3 is 2.67 bits per heavy atom. The highest BCUT2D eigenvalue weighted by Crippen LogP contribution is 2.33. The number of anilines is 1. The maximum absolute atomic E-state index is 11.8. The Kier molecular flexibility index (Phi) is 3.64. The van der Waals surface area contributed by atoms with Crippen molar-refractivity contribution in [3.63, 3.8) is 0 Å². The minimum atomic E-state index is -3.20. The normalized spacial score (nSPS) is 24.5. The van der Waals surface area contributed by atoms with Crippen molar-refractivity contribution in [2.45, 2.75) is 24.3 Å². The summed E-state index contributed by atoms with van der Waals surface area (Å²) in [7, 11) is -3.20. The average Bonchev–Trinajstić information content (AvgIpc) is 2.69. The van der Waals surface area contributed by atoms with E-state index in [1.165, 1.54) is 6.26 Å². The molecule has 0 aliphatic carbocycles. The summed E-state index contributed by atoms with van der Waals surface area (Å²) in [4.78, 5) is 2.54. The first-order chi connectivity index (χ1) is 8.45. The van der Waals surface area contributed by atoms with Gasteiger partial charge in [0.05, 0.1) is 10.6 Å². The second kappa shape index (κ2) is 4.90. The van der Waals surface area contributed by atoms with Gasteiger partial charge in [-0.05, 0) is 24.5 Å². The van der Waals surface area contributed by atoms with Crippen LogP contribution >= 0.6 is 0 Å². The van der Waals surface area contributed by atoms with Gasteiger partial charge in [-0.2, -0.15) is 0 Å². The SMILES string of the molecule is CC1CCN(c2ccccc2S(C)(=O)=O)C1CN. The van der Waals surface area contributed by atoms with Crippen LogP contribution in [0, 0.1) is 5.92 Å². The summed E-state index contributed by atoms with van der Waals surface area (Å²) in [6.07, 6.45) is 2.31. The molecule has 0 bridgehead atoms. The molecule has 4 nitrogen and oxygen atoms in total. The van der Waals surface area contributed by atoms with Gasteiger partial charge in [0.25, 0.3) is 0 Å². The smallest absolute Gasteiger partial charge is 0.177 e. The minimum Gasteiger partial charge on any atom is -0.366 e. The lowest BCUT2D eigenvalue weighted by Gasteiger charge is -2.29. The van der Waals surface area contributed by atoms with Crippen LogP contribution in [0.25, 0.3) is 0 Å². The molecule has 0 spiro atoms. The molecule has 2 N–H and O–H groups in total. The molecule has 1 aliphatic heterocycles. The average molecular weight is 268 g/mol. The van der Waals surface area contributed by atoms with Crippen LogP contribution in [0.1, 0.15) is 13.3 Å². The predicted molar refractivity (Wildman–Crippen MR) is 73.5 cm³/mol. The topological polar surface area (TPSA) is 63.4 Å². The molecule has 2 unspecified atom stereocenters. The summed E-state index contributed by atoms with van der Waals surface area (Å²) in [6, 6.07) is 7.41. The van der Waals surface area contributed by atoms with E-state index in [9.17, 15) is 8.42 Å². The first kappa shape index (κ1) is 13.4. The first-order valence-electron chi connectivity index (χ1n) is 6.21. The van der Waals surface area contributed by atoms with Gasteiger partial charge in [-0.1, -0.05) is 19.1 Å². The lowest BCUT2D eigenvalue weighted by molar-refractivity contribution is 0.517. The van der Waals surface area contributed by atoms with Crippen LogP contribution in [0.2, 0.25) is 0 Å². The van der Waals surface area contributed by atoms with Crippen molar-refractivity contribution in [2.75, 3.05) is 24.2 Å². The van der Waals surface area contributed by atoms with Gasteiger partial charge >= 0.3 is 0 Å². The molecule has 18 heavy (non-hydrogen) atoms. The Balaban J connectivity index is 2.46. The third kappa shape index (κ3) is 2.37. The maximum atomic E-state index is 11.8. The molecule has 1 fully saturated rings. The zero-order chi connectivity index (χ0) is 13.3. The second-order valence-electron chi connectivity index (χ2n) is 5.00. The van der Waals surface area contributed by atoms with Gasteiger partial charge in [-0.3, -0.25) is 0 Å². The number of benzene rings is 1. The Morgan fingerprint density at radius 2 is 2.06 bits per heavy atom. The number of para-hydroxylation sites is 1. The summed E-state index contributed by atoms with van der Waals surface area (Å²) in [5, 5.41) is 0. The van der Waals surface area contributed by atoms with E-state index in [1.54, 1.807) is 12.1 Å². The molecular weight excluding hydrogens is 248 g/mol. The maximum Gasteiger partial charge on any atom is 0.177 e. The molecule has 0 saturated carbocycles. The summed E-state index contributed by atoms with van der Waals surface area (Å²) in [5.74, 6) is 0.502. The van der Waals surface area contributed by atoms with E-state index in [1.807, 2.05) is 12.1 Å².